The Kier molecular flexibility index (Phi) is 4.58. The normalized spacial score (nSPS) is 21.4. The first-order valence-electron chi connectivity index (χ1n) is 7.65. The summed E-state index contributed by atoms with van der Waals surface area (Å²) in [7, 11) is 0. The fourth-order valence-corrected chi connectivity index (χ4v) is 3.02. The van der Waals surface area contributed by atoms with E-state index in [1.807, 2.05) is 6.07 Å². The summed E-state index contributed by atoms with van der Waals surface area (Å²) < 4.78 is 5.63. The Balaban J connectivity index is 1.57. The average Bonchev–Trinajstić information content (AvgIpc) is 3.12. The van der Waals surface area contributed by atoms with Gasteiger partial charge in [0, 0.05) is 12.6 Å². The van der Waals surface area contributed by atoms with Crippen molar-refractivity contribution in [3.05, 3.63) is 24.2 Å². The van der Waals surface area contributed by atoms with Gasteiger partial charge in [-0.2, -0.15) is 0 Å². The number of likely N-dealkylation sites (tertiary alicyclic amines) is 1. The quantitative estimate of drug-likeness (QED) is 0.816. The van der Waals surface area contributed by atoms with E-state index in [2.05, 4.69) is 21.6 Å². The number of nitrogens with one attached hydrogen (secondary N) is 2. The molecule has 2 aliphatic rings. The Labute approximate surface area is 125 Å². The van der Waals surface area contributed by atoms with Crippen LogP contribution in [0.4, 0.5) is 0 Å². The van der Waals surface area contributed by atoms with Crippen LogP contribution in [0.3, 0.4) is 0 Å². The highest BCUT2D eigenvalue weighted by Gasteiger charge is 2.26. The van der Waals surface area contributed by atoms with Crippen molar-refractivity contribution in [2.45, 2.75) is 44.2 Å². The summed E-state index contributed by atoms with van der Waals surface area (Å²) in [4.78, 5) is 2.51. The van der Waals surface area contributed by atoms with E-state index in [1.165, 1.54) is 32.1 Å². The highest BCUT2D eigenvalue weighted by molar-refractivity contribution is 7.80. The number of piperidine rings is 1. The molecular formula is C15H23N3OS. The molecule has 0 amide bonds. The lowest BCUT2D eigenvalue weighted by atomic mass is 10.1. The van der Waals surface area contributed by atoms with E-state index in [1.54, 1.807) is 6.26 Å². The van der Waals surface area contributed by atoms with Crippen molar-refractivity contribution in [1.29, 1.82) is 0 Å². The summed E-state index contributed by atoms with van der Waals surface area (Å²) in [5.41, 5.74) is 0. The number of thiocarbonyl (C=S) groups is 1. The first kappa shape index (κ1) is 13.9. The molecule has 0 spiro atoms. The van der Waals surface area contributed by atoms with Crippen molar-refractivity contribution < 1.29 is 4.42 Å². The largest absolute Gasteiger partial charge is 0.468 e. The summed E-state index contributed by atoms with van der Waals surface area (Å²) >= 11 is 5.35. The van der Waals surface area contributed by atoms with Crippen LogP contribution in [-0.4, -0.2) is 35.7 Å². The van der Waals surface area contributed by atoms with Crippen molar-refractivity contribution in [3.8, 4) is 0 Å². The maximum atomic E-state index is 5.63. The molecule has 2 fully saturated rings. The van der Waals surface area contributed by atoms with Crippen LogP contribution in [0.1, 0.15) is 43.9 Å². The molecule has 1 aliphatic carbocycles. The molecule has 1 aromatic rings. The van der Waals surface area contributed by atoms with Crippen LogP contribution in [0.25, 0.3) is 0 Å². The molecule has 3 rings (SSSR count). The molecule has 1 saturated carbocycles. The molecule has 0 unspecified atom stereocenters. The Morgan fingerprint density at radius 1 is 1.35 bits per heavy atom. The number of hydrogen-bond donors (Lipinski definition) is 2. The molecule has 4 nitrogen and oxygen atoms in total. The molecule has 110 valence electrons. The molecule has 1 aromatic heterocycles. The molecule has 0 bridgehead atoms. The Bertz CT molecular complexity index is 424. The van der Waals surface area contributed by atoms with Crippen LogP contribution >= 0.6 is 12.2 Å². The van der Waals surface area contributed by atoms with Gasteiger partial charge in [0.15, 0.2) is 5.11 Å². The average molecular weight is 293 g/mol. The summed E-state index contributed by atoms with van der Waals surface area (Å²) in [6, 6.07) is 4.92. The number of hydrogen-bond acceptors (Lipinski definition) is 3. The topological polar surface area (TPSA) is 40.4 Å². The molecule has 0 aromatic carbocycles. The van der Waals surface area contributed by atoms with Crippen LogP contribution in [0.5, 0.6) is 0 Å². The van der Waals surface area contributed by atoms with Crippen molar-refractivity contribution in [1.82, 2.24) is 15.5 Å². The van der Waals surface area contributed by atoms with Gasteiger partial charge in [0.1, 0.15) is 5.76 Å². The predicted molar refractivity (Wildman–Crippen MR) is 83.6 cm³/mol. The zero-order valence-corrected chi connectivity index (χ0v) is 12.6. The number of rotatable bonds is 5. The molecular weight excluding hydrogens is 270 g/mol. The van der Waals surface area contributed by atoms with Gasteiger partial charge in [-0.3, -0.25) is 4.90 Å². The van der Waals surface area contributed by atoms with Gasteiger partial charge in [-0.05, 0) is 63.1 Å². The summed E-state index contributed by atoms with van der Waals surface area (Å²) in [6.45, 7) is 3.11. The molecule has 0 radical (unpaired) electrons. The molecule has 2 N–H and O–H groups in total. The second-order valence-electron chi connectivity index (χ2n) is 5.76. The van der Waals surface area contributed by atoms with Gasteiger partial charge in [0.2, 0.25) is 0 Å². The molecule has 2 heterocycles. The number of nitrogens with zero attached hydrogens (tertiary/aromatic N) is 1. The third-order valence-electron chi connectivity index (χ3n) is 4.07. The standard InChI is InChI=1S/C15H23N3OS/c20-15(17-12-6-7-12)16-11-13(14-5-4-10-19-14)18-8-2-1-3-9-18/h4-5,10,12-13H,1-3,6-9,11H2,(H2,16,17,20)/t13-/m0/s1. The second kappa shape index (κ2) is 6.59. The van der Waals surface area contributed by atoms with Crippen LogP contribution in [0.15, 0.2) is 22.8 Å². The molecule has 20 heavy (non-hydrogen) atoms. The minimum Gasteiger partial charge on any atom is -0.468 e. The minimum absolute atomic E-state index is 0.282. The zero-order chi connectivity index (χ0) is 13.8. The molecule has 1 atom stereocenters. The zero-order valence-electron chi connectivity index (χ0n) is 11.8. The second-order valence-corrected chi connectivity index (χ2v) is 6.16. The van der Waals surface area contributed by atoms with Crippen LogP contribution in [-0.2, 0) is 0 Å². The first-order chi connectivity index (χ1) is 9.83. The Morgan fingerprint density at radius 3 is 2.80 bits per heavy atom. The van der Waals surface area contributed by atoms with E-state index in [9.17, 15) is 0 Å². The van der Waals surface area contributed by atoms with Crippen LogP contribution in [0.2, 0.25) is 0 Å². The first-order valence-corrected chi connectivity index (χ1v) is 8.05. The summed E-state index contributed by atoms with van der Waals surface area (Å²) in [5.74, 6) is 1.04. The van der Waals surface area contributed by atoms with Crippen LogP contribution < -0.4 is 10.6 Å². The van der Waals surface area contributed by atoms with Gasteiger partial charge in [-0.15, -0.1) is 0 Å². The van der Waals surface area contributed by atoms with Crippen molar-refractivity contribution in [3.63, 3.8) is 0 Å². The van der Waals surface area contributed by atoms with Gasteiger partial charge in [0.25, 0.3) is 0 Å². The lowest BCUT2D eigenvalue weighted by molar-refractivity contribution is 0.146. The van der Waals surface area contributed by atoms with Gasteiger partial charge >= 0.3 is 0 Å². The lowest BCUT2D eigenvalue weighted by Gasteiger charge is -2.33. The predicted octanol–water partition coefficient (Wildman–Crippen LogP) is 2.43. The van der Waals surface area contributed by atoms with E-state index in [0.29, 0.717) is 6.04 Å². The van der Waals surface area contributed by atoms with Gasteiger partial charge < -0.3 is 15.1 Å². The maximum absolute atomic E-state index is 5.63. The van der Waals surface area contributed by atoms with Gasteiger partial charge in [0.05, 0.1) is 12.3 Å². The SMILES string of the molecule is S=C(NC[C@@H](c1ccco1)N1CCCCC1)NC1CC1. The van der Waals surface area contributed by atoms with Gasteiger partial charge in [-0.1, -0.05) is 6.42 Å². The highest BCUT2D eigenvalue weighted by Crippen LogP contribution is 2.24. The minimum atomic E-state index is 0.282. The van der Waals surface area contributed by atoms with E-state index in [-0.39, 0.29) is 6.04 Å². The Morgan fingerprint density at radius 2 is 2.15 bits per heavy atom. The highest BCUT2D eigenvalue weighted by atomic mass is 32.1. The van der Waals surface area contributed by atoms with Crippen LogP contribution in [0, 0.1) is 0 Å². The monoisotopic (exact) mass is 293 g/mol. The Hall–Kier alpha value is -1.07. The molecule has 1 aliphatic heterocycles. The third kappa shape index (κ3) is 3.73. The van der Waals surface area contributed by atoms with Crippen molar-refractivity contribution in [2.75, 3.05) is 19.6 Å². The molecule has 1 saturated heterocycles. The molecule has 5 heteroatoms. The third-order valence-corrected chi connectivity index (χ3v) is 4.33. The smallest absolute Gasteiger partial charge is 0.166 e. The fraction of sp³-hybridized carbons (Fsp3) is 0.667. The van der Waals surface area contributed by atoms with E-state index in [4.69, 9.17) is 16.6 Å². The lowest BCUT2D eigenvalue weighted by Crippen LogP contribution is -2.43. The fourth-order valence-electron chi connectivity index (χ4n) is 2.77. The van der Waals surface area contributed by atoms with Crippen molar-refractivity contribution in [2.24, 2.45) is 0 Å². The van der Waals surface area contributed by atoms with E-state index < -0.39 is 0 Å². The maximum Gasteiger partial charge on any atom is 0.166 e. The summed E-state index contributed by atoms with van der Waals surface area (Å²) in [5, 5.41) is 7.47. The van der Waals surface area contributed by atoms with E-state index in [0.717, 1.165) is 30.5 Å². The van der Waals surface area contributed by atoms with Crippen molar-refractivity contribution >= 4 is 17.3 Å². The van der Waals surface area contributed by atoms with Gasteiger partial charge in [-0.25, -0.2) is 0 Å². The number of furan rings is 1. The van der Waals surface area contributed by atoms with E-state index >= 15 is 0 Å². The summed E-state index contributed by atoms with van der Waals surface area (Å²) in [6.07, 6.45) is 8.15.